The van der Waals surface area contributed by atoms with Crippen molar-refractivity contribution in [3.05, 3.63) is 33.1 Å². The molecule has 0 radical (unpaired) electrons. The first kappa shape index (κ1) is 18.0. The lowest BCUT2D eigenvalue weighted by Crippen LogP contribution is -2.32. The molecule has 126 valence electrons. The van der Waals surface area contributed by atoms with E-state index in [-0.39, 0.29) is 17.9 Å². The number of hydrogen-bond donors (Lipinski definition) is 1. The summed E-state index contributed by atoms with van der Waals surface area (Å²) in [6.07, 6.45) is 0. The van der Waals surface area contributed by atoms with E-state index in [9.17, 15) is 4.79 Å². The van der Waals surface area contributed by atoms with Crippen molar-refractivity contribution in [3.63, 3.8) is 0 Å². The molecule has 0 aromatic carbocycles. The number of halogens is 1. The van der Waals surface area contributed by atoms with E-state index in [1.54, 1.807) is 6.07 Å². The molecule has 5 nitrogen and oxygen atoms in total. The molecule has 2 aromatic rings. The van der Waals surface area contributed by atoms with Crippen molar-refractivity contribution in [1.82, 2.24) is 10.1 Å². The summed E-state index contributed by atoms with van der Waals surface area (Å²) in [5.41, 5.74) is 0.703. The molecule has 0 atom stereocenters. The lowest BCUT2D eigenvalue weighted by Gasteiger charge is -2.18. The van der Waals surface area contributed by atoms with Crippen LogP contribution in [0.2, 0.25) is 4.34 Å². The van der Waals surface area contributed by atoms with E-state index in [0.717, 1.165) is 21.5 Å². The van der Waals surface area contributed by atoms with Crippen molar-refractivity contribution < 1.29 is 9.32 Å². The smallest absolute Gasteiger partial charge is 0.240 e. The van der Waals surface area contributed by atoms with Gasteiger partial charge < -0.3 is 4.52 Å². The second kappa shape index (κ2) is 7.47. The van der Waals surface area contributed by atoms with E-state index in [1.807, 2.05) is 44.7 Å². The van der Waals surface area contributed by atoms with Crippen LogP contribution in [0, 0.1) is 0 Å². The fourth-order valence-corrected chi connectivity index (χ4v) is 3.13. The fraction of sp³-hybridized carbons (Fsp3) is 0.500. The van der Waals surface area contributed by atoms with E-state index >= 15 is 0 Å². The fourth-order valence-electron chi connectivity index (χ4n) is 2.00. The van der Waals surface area contributed by atoms with E-state index in [2.05, 4.69) is 10.5 Å². The van der Waals surface area contributed by atoms with Crippen molar-refractivity contribution in [2.75, 3.05) is 18.4 Å². The topological polar surface area (TPSA) is 58.4 Å². The van der Waals surface area contributed by atoms with Crippen LogP contribution < -0.4 is 5.32 Å². The number of nitrogens with zero attached hydrogens (tertiary/aromatic N) is 2. The number of aromatic nitrogens is 1. The number of anilines is 1. The Hall–Kier alpha value is -1.37. The molecule has 0 bridgehead atoms. The van der Waals surface area contributed by atoms with Gasteiger partial charge in [0.2, 0.25) is 11.8 Å². The lowest BCUT2D eigenvalue weighted by molar-refractivity contribution is -0.117. The number of amides is 1. The Morgan fingerprint density at radius 1 is 1.43 bits per heavy atom. The third-order valence-corrected chi connectivity index (χ3v) is 4.58. The highest BCUT2D eigenvalue weighted by Crippen LogP contribution is 2.24. The number of hydrogen-bond acceptors (Lipinski definition) is 5. The summed E-state index contributed by atoms with van der Waals surface area (Å²) in [7, 11) is 0. The third kappa shape index (κ3) is 5.34. The number of thiophene rings is 1. The molecule has 0 aliphatic rings. The van der Waals surface area contributed by atoms with Gasteiger partial charge in [0, 0.05) is 22.9 Å². The summed E-state index contributed by atoms with van der Waals surface area (Å²) in [6.45, 7) is 9.91. The van der Waals surface area contributed by atoms with Crippen LogP contribution in [0.3, 0.4) is 0 Å². The van der Waals surface area contributed by atoms with Crippen LogP contribution in [-0.4, -0.2) is 29.1 Å². The third-order valence-electron chi connectivity index (χ3n) is 3.36. The van der Waals surface area contributed by atoms with Crippen LogP contribution in [-0.2, 0) is 16.8 Å². The van der Waals surface area contributed by atoms with Crippen molar-refractivity contribution in [2.45, 2.75) is 39.7 Å². The molecule has 0 saturated heterocycles. The normalized spacial score (nSPS) is 11.9. The Morgan fingerprint density at radius 3 is 2.70 bits per heavy atom. The number of nitrogens with one attached hydrogen (secondary N) is 1. The monoisotopic (exact) mass is 355 g/mol. The molecule has 2 rings (SSSR count). The van der Waals surface area contributed by atoms with Gasteiger partial charge in [-0.2, -0.15) is 0 Å². The molecule has 7 heteroatoms. The number of carbonyl (C=O) groups excluding carboxylic acids is 1. The number of likely N-dealkylation sites (N-methyl/N-ethyl adjacent to an activating group) is 1. The van der Waals surface area contributed by atoms with E-state index < -0.39 is 0 Å². The van der Waals surface area contributed by atoms with Crippen LogP contribution in [0.15, 0.2) is 22.7 Å². The molecular formula is C16H22ClN3O2S. The van der Waals surface area contributed by atoms with Crippen LogP contribution in [0.1, 0.15) is 38.3 Å². The molecule has 23 heavy (non-hydrogen) atoms. The first-order valence-electron chi connectivity index (χ1n) is 7.51. The summed E-state index contributed by atoms with van der Waals surface area (Å²) in [5, 5.41) is 6.75. The second-order valence-corrected chi connectivity index (χ2v) is 8.18. The maximum atomic E-state index is 12.2. The van der Waals surface area contributed by atoms with Gasteiger partial charge >= 0.3 is 0 Å². The van der Waals surface area contributed by atoms with Gasteiger partial charge in [-0.3, -0.25) is 15.0 Å². The van der Waals surface area contributed by atoms with Crippen LogP contribution >= 0.6 is 22.9 Å². The first-order valence-corrected chi connectivity index (χ1v) is 8.71. The largest absolute Gasteiger partial charge is 0.338 e. The Labute approximate surface area is 145 Å². The molecule has 1 amide bonds. The molecule has 0 saturated carbocycles. The Balaban J connectivity index is 1.91. The summed E-state index contributed by atoms with van der Waals surface area (Å²) in [4.78, 5) is 15.4. The molecule has 0 unspecified atom stereocenters. The van der Waals surface area contributed by atoms with Gasteiger partial charge in [0.25, 0.3) is 0 Å². The molecule has 0 fully saturated rings. The summed E-state index contributed by atoms with van der Waals surface area (Å²) >= 11 is 7.47. The second-order valence-electron chi connectivity index (χ2n) is 6.38. The highest BCUT2D eigenvalue weighted by atomic mass is 35.5. The molecule has 0 aliphatic carbocycles. The standard InChI is InChI=1S/C16H22ClN3O2S/c1-5-20(9-11-6-7-13(17)23-11)10-14(21)18-15-8-12(19-22-15)16(2,3)4/h6-8H,5,9-10H2,1-4H3,(H,18,21). The van der Waals surface area contributed by atoms with Gasteiger partial charge in [-0.1, -0.05) is 44.5 Å². The Kier molecular flexibility index (Phi) is 5.84. The maximum Gasteiger partial charge on any atom is 0.240 e. The van der Waals surface area contributed by atoms with E-state index in [1.165, 1.54) is 11.3 Å². The van der Waals surface area contributed by atoms with Crippen LogP contribution in [0.25, 0.3) is 0 Å². The zero-order valence-corrected chi connectivity index (χ0v) is 15.4. The minimum atomic E-state index is -0.119. The van der Waals surface area contributed by atoms with E-state index in [0.29, 0.717) is 12.4 Å². The molecule has 2 aromatic heterocycles. The average molecular weight is 356 g/mol. The summed E-state index contributed by atoms with van der Waals surface area (Å²) < 4.78 is 5.94. The highest BCUT2D eigenvalue weighted by molar-refractivity contribution is 7.16. The van der Waals surface area contributed by atoms with Gasteiger partial charge in [0.15, 0.2) is 0 Å². The zero-order chi connectivity index (χ0) is 17.0. The lowest BCUT2D eigenvalue weighted by atomic mass is 9.92. The van der Waals surface area contributed by atoms with Gasteiger partial charge in [-0.25, -0.2) is 0 Å². The molecule has 2 heterocycles. The Morgan fingerprint density at radius 2 is 2.17 bits per heavy atom. The average Bonchev–Trinajstić information content (AvgIpc) is 3.06. The van der Waals surface area contributed by atoms with Crippen LogP contribution in [0.5, 0.6) is 0 Å². The summed E-state index contributed by atoms with van der Waals surface area (Å²) in [6, 6.07) is 5.63. The minimum absolute atomic E-state index is 0.111. The van der Waals surface area contributed by atoms with Crippen molar-refractivity contribution in [2.24, 2.45) is 0 Å². The van der Waals surface area contributed by atoms with Gasteiger partial charge in [0.1, 0.15) is 0 Å². The van der Waals surface area contributed by atoms with Gasteiger partial charge in [-0.05, 0) is 18.7 Å². The van der Waals surface area contributed by atoms with E-state index in [4.69, 9.17) is 16.1 Å². The molecule has 0 spiro atoms. The van der Waals surface area contributed by atoms with Gasteiger partial charge in [-0.15, -0.1) is 11.3 Å². The van der Waals surface area contributed by atoms with Crippen molar-refractivity contribution >= 4 is 34.7 Å². The number of rotatable bonds is 6. The maximum absolute atomic E-state index is 12.2. The highest BCUT2D eigenvalue weighted by Gasteiger charge is 2.20. The molecule has 1 N–H and O–H groups in total. The first-order chi connectivity index (χ1) is 10.8. The minimum Gasteiger partial charge on any atom is -0.338 e. The Bertz CT molecular complexity index is 660. The molecule has 0 aliphatic heterocycles. The van der Waals surface area contributed by atoms with Crippen molar-refractivity contribution in [3.8, 4) is 0 Å². The predicted octanol–water partition coefficient (Wildman–Crippen LogP) is 4.15. The van der Waals surface area contributed by atoms with Crippen LogP contribution in [0.4, 0.5) is 5.88 Å². The zero-order valence-electron chi connectivity index (χ0n) is 13.9. The number of carbonyl (C=O) groups is 1. The summed E-state index contributed by atoms with van der Waals surface area (Å²) in [5.74, 6) is 0.265. The SMILES string of the molecule is CCN(CC(=O)Nc1cc(C(C)(C)C)no1)Cc1ccc(Cl)s1. The quantitative estimate of drug-likeness (QED) is 0.845. The van der Waals surface area contributed by atoms with Gasteiger partial charge in [0.05, 0.1) is 16.6 Å². The van der Waals surface area contributed by atoms with Crippen molar-refractivity contribution in [1.29, 1.82) is 0 Å². The predicted molar refractivity (Wildman–Crippen MR) is 94.1 cm³/mol. The molecular weight excluding hydrogens is 334 g/mol.